The van der Waals surface area contributed by atoms with Gasteiger partial charge in [-0.05, 0) is 18.2 Å². The average molecular weight is 353 g/mol. The minimum absolute atomic E-state index is 0.0430. The summed E-state index contributed by atoms with van der Waals surface area (Å²) in [6, 6.07) is 16.0. The predicted octanol–water partition coefficient (Wildman–Crippen LogP) is 2.92. The summed E-state index contributed by atoms with van der Waals surface area (Å²) in [5.74, 6) is 0.153. The summed E-state index contributed by atoms with van der Waals surface area (Å²) in [5, 5.41) is 3.41. The molecule has 1 heterocycles. The third-order valence-corrected chi connectivity index (χ3v) is 4.10. The molecule has 0 aliphatic rings. The molecular weight excluding hydrogens is 334 g/mol. The van der Waals surface area contributed by atoms with Crippen molar-refractivity contribution in [1.82, 2.24) is 5.32 Å². The minimum Gasteiger partial charge on any atom is -0.496 e. The normalized spacial score (nSPS) is 11.9. The molecule has 1 N–H and O–H groups in total. The van der Waals surface area contributed by atoms with Gasteiger partial charge in [-0.25, -0.2) is 4.79 Å². The number of methoxy groups -OCH3 is 2. The summed E-state index contributed by atoms with van der Waals surface area (Å²) < 4.78 is 16.0. The quantitative estimate of drug-likeness (QED) is 0.690. The van der Waals surface area contributed by atoms with Crippen molar-refractivity contribution in [3.8, 4) is 5.75 Å². The van der Waals surface area contributed by atoms with E-state index >= 15 is 0 Å². The van der Waals surface area contributed by atoms with E-state index in [9.17, 15) is 9.59 Å². The van der Waals surface area contributed by atoms with E-state index in [1.807, 2.05) is 30.3 Å². The highest BCUT2D eigenvalue weighted by atomic mass is 16.5. The van der Waals surface area contributed by atoms with Crippen molar-refractivity contribution in [2.75, 3.05) is 20.8 Å². The van der Waals surface area contributed by atoms with Crippen LogP contribution in [0.5, 0.6) is 5.75 Å². The van der Waals surface area contributed by atoms with Crippen LogP contribution >= 0.6 is 0 Å². The van der Waals surface area contributed by atoms with Gasteiger partial charge in [-0.3, -0.25) is 4.79 Å². The molecule has 0 bridgehead atoms. The van der Waals surface area contributed by atoms with Crippen LogP contribution in [0, 0.1) is 0 Å². The van der Waals surface area contributed by atoms with Gasteiger partial charge in [-0.15, -0.1) is 0 Å². The van der Waals surface area contributed by atoms with Crippen LogP contribution in [0.3, 0.4) is 0 Å². The Morgan fingerprint density at radius 2 is 1.85 bits per heavy atom. The lowest BCUT2D eigenvalue weighted by atomic mass is 10.1. The van der Waals surface area contributed by atoms with E-state index < -0.39 is 17.6 Å². The third kappa shape index (κ3) is 3.60. The smallest absolute Gasteiger partial charge is 0.349 e. The molecule has 2 aromatic carbocycles. The first-order valence-corrected chi connectivity index (χ1v) is 8.11. The molecule has 6 nitrogen and oxygen atoms in total. The van der Waals surface area contributed by atoms with Crippen LogP contribution in [-0.2, 0) is 4.74 Å². The number of fused-ring (bicyclic) bond motifs is 1. The lowest BCUT2D eigenvalue weighted by Gasteiger charge is -2.19. The maximum absolute atomic E-state index is 12.5. The maximum atomic E-state index is 12.5. The Balaban J connectivity index is 1.79. The highest BCUT2D eigenvalue weighted by molar-refractivity contribution is 5.96. The van der Waals surface area contributed by atoms with E-state index in [1.54, 1.807) is 32.4 Å². The van der Waals surface area contributed by atoms with Crippen LogP contribution < -0.4 is 15.7 Å². The van der Waals surface area contributed by atoms with E-state index in [2.05, 4.69) is 5.32 Å². The fourth-order valence-electron chi connectivity index (χ4n) is 2.75. The van der Waals surface area contributed by atoms with Crippen LogP contribution in [0.2, 0.25) is 0 Å². The number of carbonyl (C=O) groups excluding carboxylic acids is 1. The highest BCUT2D eigenvalue weighted by Gasteiger charge is 2.19. The molecule has 0 saturated heterocycles. The van der Waals surface area contributed by atoms with Crippen molar-refractivity contribution >= 4 is 16.9 Å². The largest absolute Gasteiger partial charge is 0.496 e. The number of ether oxygens (including phenoxy) is 2. The molecule has 1 unspecified atom stereocenters. The molecule has 0 radical (unpaired) electrons. The first-order chi connectivity index (χ1) is 12.6. The summed E-state index contributed by atoms with van der Waals surface area (Å²) in [7, 11) is 3.12. The zero-order valence-electron chi connectivity index (χ0n) is 14.5. The molecular formula is C20H19NO5. The van der Waals surface area contributed by atoms with Crippen molar-refractivity contribution in [3.63, 3.8) is 0 Å². The maximum Gasteiger partial charge on any atom is 0.349 e. The second-order valence-corrected chi connectivity index (χ2v) is 5.66. The molecule has 3 aromatic rings. The van der Waals surface area contributed by atoms with Crippen molar-refractivity contribution in [1.29, 1.82) is 0 Å². The molecule has 134 valence electrons. The Morgan fingerprint density at radius 3 is 2.62 bits per heavy atom. The van der Waals surface area contributed by atoms with Gasteiger partial charge >= 0.3 is 5.63 Å². The first-order valence-electron chi connectivity index (χ1n) is 8.11. The van der Waals surface area contributed by atoms with E-state index in [4.69, 9.17) is 13.9 Å². The van der Waals surface area contributed by atoms with Gasteiger partial charge in [0, 0.05) is 24.6 Å². The van der Waals surface area contributed by atoms with Crippen LogP contribution in [0.1, 0.15) is 22.0 Å². The van der Waals surface area contributed by atoms with Crippen LogP contribution in [0.4, 0.5) is 0 Å². The number of nitrogens with one attached hydrogen (secondary N) is 1. The lowest BCUT2D eigenvalue weighted by molar-refractivity contribution is 0.0816. The number of para-hydroxylation sites is 2. The second kappa shape index (κ2) is 7.84. The number of amides is 1. The average Bonchev–Trinajstić information content (AvgIpc) is 2.68. The molecule has 3 rings (SSSR count). The Bertz CT molecular complexity index is 979. The van der Waals surface area contributed by atoms with E-state index in [1.165, 1.54) is 6.07 Å². The Hall–Kier alpha value is -3.12. The van der Waals surface area contributed by atoms with Gasteiger partial charge in [0.2, 0.25) is 0 Å². The van der Waals surface area contributed by atoms with Gasteiger partial charge in [-0.2, -0.15) is 0 Å². The van der Waals surface area contributed by atoms with Crippen molar-refractivity contribution in [2.45, 2.75) is 6.10 Å². The van der Waals surface area contributed by atoms with Gasteiger partial charge in [-0.1, -0.05) is 36.4 Å². The van der Waals surface area contributed by atoms with Gasteiger partial charge in [0.25, 0.3) is 5.91 Å². The summed E-state index contributed by atoms with van der Waals surface area (Å²) in [6.07, 6.45) is -0.414. The topological polar surface area (TPSA) is 77.8 Å². The summed E-state index contributed by atoms with van der Waals surface area (Å²) in [6.45, 7) is 0.183. The zero-order valence-corrected chi connectivity index (χ0v) is 14.5. The van der Waals surface area contributed by atoms with Crippen molar-refractivity contribution in [3.05, 3.63) is 76.1 Å². The summed E-state index contributed by atoms with van der Waals surface area (Å²) in [5.41, 5.74) is 0.534. The van der Waals surface area contributed by atoms with E-state index in [0.717, 1.165) is 5.56 Å². The number of benzene rings is 2. The Morgan fingerprint density at radius 1 is 1.12 bits per heavy atom. The summed E-state index contributed by atoms with van der Waals surface area (Å²) >= 11 is 0. The number of carbonyl (C=O) groups is 1. The molecule has 1 aromatic heterocycles. The molecule has 0 aliphatic heterocycles. The first kappa shape index (κ1) is 17.7. The fourth-order valence-corrected chi connectivity index (χ4v) is 2.75. The van der Waals surface area contributed by atoms with Crippen LogP contribution in [0.25, 0.3) is 11.0 Å². The SMILES string of the molecule is COc1ccccc1C(CNC(=O)c1cc2ccccc2oc1=O)OC. The standard InChI is InChI=1S/C20H19NO5/c1-24-17-10-6-4-8-14(17)18(25-2)12-21-19(22)15-11-13-7-3-5-9-16(13)26-20(15)23/h3-11,18H,12H2,1-2H3,(H,21,22). The molecule has 0 aliphatic carbocycles. The monoisotopic (exact) mass is 353 g/mol. The molecule has 0 spiro atoms. The van der Waals surface area contributed by atoms with Gasteiger partial charge in [0.1, 0.15) is 23.0 Å². The van der Waals surface area contributed by atoms with Gasteiger partial charge in [0.15, 0.2) is 0 Å². The molecule has 1 atom stereocenters. The van der Waals surface area contributed by atoms with Crippen molar-refractivity contribution < 1.29 is 18.7 Å². The molecule has 6 heteroatoms. The Labute approximate surface area is 150 Å². The predicted molar refractivity (Wildman–Crippen MR) is 97.6 cm³/mol. The van der Waals surface area contributed by atoms with Crippen LogP contribution in [-0.4, -0.2) is 26.7 Å². The third-order valence-electron chi connectivity index (χ3n) is 4.10. The van der Waals surface area contributed by atoms with Crippen molar-refractivity contribution in [2.24, 2.45) is 0 Å². The highest BCUT2D eigenvalue weighted by Crippen LogP contribution is 2.26. The summed E-state index contributed by atoms with van der Waals surface area (Å²) in [4.78, 5) is 24.5. The Kier molecular flexibility index (Phi) is 5.34. The van der Waals surface area contributed by atoms with Gasteiger partial charge in [0.05, 0.1) is 7.11 Å². The zero-order chi connectivity index (χ0) is 18.5. The second-order valence-electron chi connectivity index (χ2n) is 5.66. The number of hydrogen-bond acceptors (Lipinski definition) is 5. The molecule has 0 fully saturated rings. The lowest BCUT2D eigenvalue weighted by Crippen LogP contribution is -2.32. The van der Waals surface area contributed by atoms with Gasteiger partial charge < -0.3 is 19.2 Å². The van der Waals surface area contributed by atoms with E-state index in [0.29, 0.717) is 16.7 Å². The van der Waals surface area contributed by atoms with Crippen LogP contribution in [0.15, 0.2) is 63.8 Å². The number of rotatable bonds is 6. The molecule has 1 amide bonds. The molecule has 0 saturated carbocycles. The number of hydrogen-bond donors (Lipinski definition) is 1. The minimum atomic E-state index is -0.674. The van der Waals surface area contributed by atoms with E-state index in [-0.39, 0.29) is 12.1 Å². The fraction of sp³-hybridized carbons (Fsp3) is 0.200. The molecule has 26 heavy (non-hydrogen) atoms.